The number of ether oxygens (including phenoxy) is 3. The number of Topliss-reactive ketones (excluding diaryl/α,β-unsaturated/α-hetero) is 1. The van der Waals surface area contributed by atoms with Crippen LogP contribution in [0, 0.1) is 5.41 Å². The van der Waals surface area contributed by atoms with Gasteiger partial charge in [0.1, 0.15) is 11.8 Å². The molecule has 9 nitrogen and oxygen atoms in total. The van der Waals surface area contributed by atoms with Crippen molar-refractivity contribution in [2.45, 2.75) is 30.6 Å². The summed E-state index contributed by atoms with van der Waals surface area (Å²) in [6.07, 6.45) is 1.40. The number of esters is 2. The Morgan fingerprint density at radius 3 is 2.43 bits per heavy atom. The van der Waals surface area contributed by atoms with E-state index >= 15 is 0 Å². The van der Waals surface area contributed by atoms with Crippen molar-refractivity contribution in [2.75, 3.05) is 21.3 Å². The standard InChI is InChI=1S/C21H22N2O7/c1-5-12-14-10(7-6-8-13(14)28-2)16(24)15-17-21(19(26)29-3,20(27)30-4)9-11(22-17)18(25)23(12)15/h5-8,11-12,15,17,22H,1,9H2,2-4H3/t11-,12-,15+,17-/m0/s1. The number of methoxy groups -OCH3 is 3. The molecule has 1 amide bonds. The molecule has 1 N–H and O–H groups in total. The maximum atomic E-state index is 13.6. The molecule has 4 rings (SSSR count). The molecule has 3 heterocycles. The second-order valence-electron chi connectivity index (χ2n) is 7.51. The number of nitrogens with zero attached hydrogens (tertiary/aromatic N) is 1. The Balaban J connectivity index is 1.95. The number of carbonyl (C=O) groups is 4. The number of hydrogen-bond donors (Lipinski definition) is 1. The Labute approximate surface area is 172 Å². The van der Waals surface area contributed by atoms with Crippen molar-refractivity contribution in [1.29, 1.82) is 0 Å². The number of carbonyl (C=O) groups excluding carboxylic acids is 4. The molecule has 3 aliphatic heterocycles. The van der Waals surface area contributed by atoms with Crippen LogP contribution in [0.4, 0.5) is 0 Å². The summed E-state index contributed by atoms with van der Waals surface area (Å²) in [7, 11) is 3.80. The summed E-state index contributed by atoms with van der Waals surface area (Å²) in [5, 5.41) is 3.02. The predicted octanol–water partition coefficient (Wildman–Crippen LogP) is 0.392. The highest BCUT2D eigenvalue weighted by molar-refractivity contribution is 6.11. The Bertz CT molecular complexity index is 956. The molecule has 0 radical (unpaired) electrons. The molecule has 9 heteroatoms. The summed E-state index contributed by atoms with van der Waals surface area (Å²) in [4.78, 5) is 54.0. The minimum Gasteiger partial charge on any atom is -0.496 e. The molecule has 2 bridgehead atoms. The van der Waals surface area contributed by atoms with Crippen molar-refractivity contribution in [2.24, 2.45) is 5.41 Å². The molecule has 1 aromatic rings. The van der Waals surface area contributed by atoms with Crippen LogP contribution in [0.5, 0.6) is 5.75 Å². The molecule has 0 saturated carbocycles. The number of nitrogens with one attached hydrogen (secondary N) is 1. The quantitative estimate of drug-likeness (QED) is 0.428. The van der Waals surface area contributed by atoms with Crippen LogP contribution in [-0.2, 0) is 23.9 Å². The Morgan fingerprint density at radius 2 is 1.87 bits per heavy atom. The third kappa shape index (κ3) is 2.32. The van der Waals surface area contributed by atoms with Crippen molar-refractivity contribution >= 4 is 23.6 Å². The molecule has 3 aliphatic rings. The molecule has 158 valence electrons. The lowest BCUT2D eigenvalue weighted by Crippen LogP contribution is -2.69. The lowest BCUT2D eigenvalue weighted by Gasteiger charge is -2.48. The fraction of sp³-hybridized carbons (Fsp3) is 0.429. The first-order chi connectivity index (χ1) is 14.4. The number of fused-ring (bicyclic) bond motifs is 5. The summed E-state index contributed by atoms with van der Waals surface area (Å²) >= 11 is 0. The highest BCUT2D eigenvalue weighted by atomic mass is 16.5. The fourth-order valence-corrected chi connectivity index (χ4v) is 5.09. The van der Waals surface area contributed by atoms with Gasteiger partial charge in [-0.2, -0.15) is 0 Å². The van der Waals surface area contributed by atoms with Crippen LogP contribution in [-0.4, -0.2) is 68.0 Å². The zero-order valence-corrected chi connectivity index (χ0v) is 16.8. The van der Waals surface area contributed by atoms with Gasteiger partial charge in [-0.15, -0.1) is 6.58 Å². The SMILES string of the molecule is C=C[C@H]1c2c(OC)cccc2C(=O)[C@@H]2[C@@H]3N[C@@H](CC3(C(=O)OC)C(=O)OC)C(=O)N21. The second-order valence-corrected chi connectivity index (χ2v) is 7.51. The molecule has 0 aromatic heterocycles. The largest absolute Gasteiger partial charge is 0.496 e. The molecule has 1 aromatic carbocycles. The number of piperazine rings is 1. The molecule has 2 saturated heterocycles. The molecule has 2 fully saturated rings. The second kappa shape index (κ2) is 6.94. The van der Waals surface area contributed by atoms with Gasteiger partial charge in [-0.1, -0.05) is 18.2 Å². The van der Waals surface area contributed by atoms with Crippen LogP contribution in [0.25, 0.3) is 0 Å². The molecule has 4 atom stereocenters. The first-order valence-electron chi connectivity index (χ1n) is 9.46. The van der Waals surface area contributed by atoms with Gasteiger partial charge < -0.3 is 19.1 Å². The van der Waals surface area contributed by atoms with Crippen LogP contribution in [0.2, 0.25) is 0 Å². The van der Waals surface area contributed by atoms with Crippen LogP contribution in [0.15, 0.2) is 30.9 Å². The fourth-order valence-electron chi connectivity index (χ4n) is 5.09. The maximum absolute atomic E-state index is 13.6. The van der Waals surface area contributed by atoms with Crippen molar-refractivity contribution in [3.63, 3.8) is 0 Å². The molecule has 30 heavy (non-hydrogen) atoms. The highest BCUT2D eigenvalue weighted by Crippen LogP contribution is 2.50. The minimum absolute atomic E-state index is 0.159. The van der Waals surface area contributed by atoms with Crippen LogP contribution in [0.3, 0.4) is 0 Å². The highest BCUT2D eigenvalue weighted by Gasteiger charge is 2.70. The zero-order valence-electron chi connectivity index (χ0n) is 16.8. The molecular weight excluding hydrogens is 392 g/mol. The van der Waals surface area contributed by atoms with Crippen LogP contribution < -0.4 is 10.1 Å². The lowest BCUT2D eigenvalue weighted by molar-refractivity contribution is -0.171. The minimum atomic E-state index is -1.82. The van der Waals surface area contributed by atoms with E-state index in [1.54, 1.807) is 24.3 Å². The lowest BCUT2D eigenvalue weighted by atomic mass is 9.73. The maximum Gasteiger partial charge on any atom is 0.325 e. The normalized spacial score (nSPS) is 28.3. The molecule has 0 unspecified atom stereocenters. The van der Waals surface area contributed by atoms with E-state index in [2.05, 4.69) is 11.9 Å². The average molecular weight is 414 g/mol. The van der Waals surface area contributed by atoms with E-state index < -0.39 is 53.2 Å². The summed E-state index contributed by atoms with van der Waals surface area (Å²) in [6.45, 7) is 3.85. The van der Waals surface area contributed by atoms with Crippen molar-refractivity contribution in [1.82, 2.24) is 10.2 Å². The van der Waals surface area contributed by atoms with E-state index in [-0.39, 0.29) is 6.42 Å². The van der Waals surface area contributed by atoms with Gasteiger partial charge in [0.2, 0.25) is 5.91 Å². The Kier molecular flexibility index (Phi) is 4.65. The van der Waals surface area contributed by atoms with E-state index in [0.717, 1.165) is 14.2 Å². The van der Waals surface area contributed by atoms with Crippen molar-refractivity contribution < 1.29 is 33.4 Å². The van der Waals surface area contributed by atoms with Gasteiger partial charge in [0.15, 0.2) is 11.2 Å². The number of benzene rings is 1. The Morgan fingerprint density at radius 1 is 1.20 bits per heavy atom. The molecule has 0 spiro atoms. The van der Waals surface area contributed by atoms with Gasteiger partial charge in [0.05, 0.1) is 39.5 Å². The van der Waals surface area contributed by atoms with Crippen molar-refractivity contribution in [3.8, 4) is 5.75 Å². The summed E-state index contributed by atoms with van der Waals surface area (Å²) in [6, 6.07) is 1.39. The number of hydrogen-bond acceptors (Lipinski definition) is 8. The monoisotopic (exact) mass is 414 g/mol. The van der Waals surface area contributed by atoms with Crippen LogP contribution >= 0.6 is 0 Å². The van der Waals surface area contributed by atoms with E-state index in [1.807, 2.05) is 0 Å². The molecular formula is C21H22N2O7. The summed E-state index contributed by atoms with van der Waals surface area (Å²) in [5.74, 6) is -2.03. The Hall–Kier alpha value is -3.20. The zero-order chi connectivity index (χ0) is 21.8. The van der Waals surface area contributed by atoms with Crippen LogP contribution in [0.1, 0.15) is 28.4 Å². The number of amides is 1. The van der Waals surface area contributed by atoms with Gasteiger partial charge in [0, 0.05) is 17.5 Å². The third-order valence-corrected chi connectivity index (χ3v) is 6.34. The summed E-state index contributed by atoms with van der Waals surface area (Å²) < 4.78 is 15.3. The van der Waals surface area contributed by atoms with Gasteiger partial charge in [-0.3, -0.25) is 24.5 Å². The van der Waals surface area contributed by atoms with Gasteiger partial charge >= 0.3 is 11.9 Å². The topological polar surface area (TPSA) is 111 Å². The van der Waals surface area contributed by atoms with Gasteiger partial charge in [-0.05, 0) is 6.07 Å². The summed E-state index contributed by atoms with van der Waals surface area (Å²) in [5.41, 5.74) is -0.933. The van der Waals surface area contributed by atoms with E-state index in [9.17, 15) is 19.2 Å². The number of rotatable bonds is 4. The van der Waals surface area contributed by atoms with E-state index in [0.29, 0.717) is 16.9 Å². The smallest absolute Gasteiger partial charge is 0.325 e. The predicted molar refractivity (Wildman–Crippen MR) is 103 cm³/mol. The third-order valence-electron chi connectivity index (χ3n) is 6.34. The molecule has 0 aliphatic carbocycles. The first-order valence-corrected chi connectivity index (χ1v) is 9.46. The van der Waals surface area contributed by atoms with Crippen molar-refractivity contribution in [3.05, 3.63) is 42.0 Å². The van der Waals surface area contributed by atoms with E-state index in [4.69, 9.17) is 14.2 Å². The van der Waals surface area contributed by atoms with Gasteiger partial charge in [-0.25, -0.2) is 0 Å². The van der Waals surface area contributed by atoms with E-state index in [1.165, 1.54) is 12.0 Å². The van der Waals surface area contributed by atoms with Gasteiger partial charge in [0.25, 0.3) is 0 Å². The first kappa shape index (κ1) is 20.1. The number of ketones is 1. The average Bonchev–Trinajstić information content (AvgIpc) is 3.13.